The quantitative estimate of drug-likeness (QED) is 0.617. The number of benzene rings is 1. The summed E-state index contributed by atoms with van der Waals surface area (Å²) in [5.41, 5.74) is 3.07. The number of aromatic nitrogens is 2. The number of pyridine rings is 1. The fraction of sp³-hybridized carbons (Fsp3) is 0.375. The number of likely N-dealkylation sites (N-methyl/N-ethyl adjacent to an activating group) is 1. The van der Waals surface area contributed by atoms with Gasteiger partial charge >= 0.3 is 0 Å². The second-order valence-electron chi connectivity index (χ2n) is 7.94. The fourth-order valence-corrected chi connectivity index (χ4v) is 3.39. The molecule has 0 unspecified atom stereocenters. The Morgan fingerprint density at radius 1 is 1.13 bits per heavy atom. The molecule has 158 valence electrons. The second kappa shape index (κ2) is 9.57. The average Bonchev–Trinajstić information content (AvgIpc) is 3.11. The summed E-state index contributed by atoms with van der Waals surface area (Å²) in [6, 6.07) is 13.3. The van der Waals surface area contributed by atoms with E-state index in [4.69, 9.17) is 0 Å². The smallest absolute Gasteiger partial charge is 0.252 e. The van der Waals surface area contributed by atoms with Gasteiger partial charge < -0.3 is 5.32 Å². The number of imidazole rings is 1. The fourth-order valence-electron chi connectivity index (χ4n) is 3.39. The number of carbonyl (C=O) groups is 2. The average molecular weight is 407 g/mol. The van der Waals surface area contributed by atoms with Gasteiger partial charge in [-0.1, -0.05) is 51.1 Å². The van der Waals surface area contributed by atoms with E-state index in [-0.39, 0.29) is 11.8 Å². The van der Waals surface area contributed by atoms with Gasteiger partial charge in [-0.3, -0.25) is 18.9 Å². The lowest BCUT2D eigenvalue weighted by molar-refractivity contribution is -0.117. The van der Waals surface area contributed by atoms with Gasteiger partial charge in [0.2, 0.25) is 5.91 Å². The highest BCUT2D eigenvalue weighted by molar-refractivity contribution is 5.96. The monoisotopic (exact) mass is 406 g/mol. The maximum Gasteiger partial charge on any atom is 0.252 e. The number of fused-ring (bicyclic) bond motifs is 1. The van der Waals surface area contributed by atoms with Crippen molar-refractivity contribution in [2.24, 2.45) is 5.92 Å². The molecule has 3 aromatic rings. The molecule has 0 bridgehead atoms. The van der Waals surface area contributed by atoms with Crippen LogP contribution in [-0.4, -0.2) is 34.8 Å². The summed E-state index contributed by atoms with van der Waals surface area (Å²) >= 11 is 0. The van der Waals surface area contributed by atoms with Crippen LogP contribution >= 0.6 is 0 Å². The molecule has 0 fully saturated rings. The molecule has 3 rings (SSSR count). The van der Waals surface area contributed by atoms with Crippen LogP contribution in [0.15, 0.2) is 48.7 Å². The Morgan fingerprint density at radius 2 is 1.87 bits per heavy atom. The van der Waals surface area contributed by atoms with Crippen LogP contribution in [0.4, 0.5) is 5.82 Å². The Kier molecular flexibility index (Phi) is 6.87. The lowest BCUT2D eigenvalue weighted by atomic mass is 10.1. The molecule has 2 amide bonds. The summed E-state index contributed by atoms with van der Waals surface area (Å²) in [5, 5.41) is 2.97. The highest BCUT2D eigenvalue weighted by atomic mass is 16.2. The Balaban J connectivity index is 1.88. The van der Waals surface area contributed by atoms with Crippen LogP contribution in [0, 0.1) is 5.92 Å². The molecule has 0 atom stereocenters. The molecule has 0 radical (unpaired) electrons. The van der Waals surface area contributed by atoms with E-state index >= 15 is 0 Å². The van der Waals surface area contributed by atoms with Crippen molar-refractivity contribution in [2.75, 3.05) is 18.5 Å². The zero-order chi connectivity index (χ0) is 21.7. The molecule has 30 heavy (non-hydrogen) atoms. The van der Waals surface area contributed by atoms with Crippen LogP contribution in [0.3, 0.4) is 0 Å². The van der Waals surface area contributed by atoms with E-state index in [0.717, 1.165) is 23.3 Å². The summed E-state index contributed by atoms with van der Waals surface area (Å²) in [4.78, 5) is 31.8. The molecule has 0 saturated carbocycles. The molecule has 0 spiro atoms. The van der Waals surface area contributed by atoms with Crippen molar-refractivity contribution in [1.29, 1.82) is 0 Å². The van der Waals surface area contributed by atoms with E-state index in [1.54, 1.807) is 24.2 Å². The summed E-state index contributed by atoms with van der Waals surface area (Å²) in [7, 11) is 1.77. The molecule has 0 aliphatic rings. The molecular formula is C24H30N4O2. The molecule has 0 saturated heterocycles. The van der Waals surface area contributed by atoms with Crippen molar-refractivity contribution in [1.82, 2.24) is 14.7 Å². The van der Waals surface area contributed by atoms with E-state index in [9.17, 15) is 9.59 Å². The summed E-state index contributed by atoms with van der Waals surface area (Å²) in [6.07, 6.45) is 3.70. The maximum absolute atomic E-state index is 13.0. The number of aryl methyl sites for hydroxylation is 1. The van der Waals surface area contributed by atoms with Crippen molar-refractivity contribution >= 4 is 23.3 Å². The van der Waals surface area contributed by atoms with Crippen molar-refractivity contribution < 1.29 is 9.59 Å². The zero-order valence-corrected chi connectivity index (χ0v) is 18.2. The van der Waals surface area contributed by atoms with Crippen molar-refractivity contribution in [3.63, 3.8) is 0 Å². The Labute approximate surface area is 177 Å². The summed E-state index contributed by atoms with van der Waals surface area (Å²) in [6.45, 7) is 6.91. The van der Waals surface area contributed by atoms with Crippen LogP contribution < -0.4 is 10.2 Å². The Hall–Kier alpha value is -3.15. The van der Waals surface area contributed by atoms with Crippen LogP contribution in [0.2, 0.25) is 0 Å². The topological polar surface area (TPSA) is 66.7 Å². The third kappa shape index (κ3) is 4.87. The molecule has 2 heterocycles. The van der Waals surface area contributed by atoms with Crippen LogP contribution in [-0.2, 0) is 17.6 Å². The van der Waals surface area contributed by atoms with Gasteiger partial charge in [-0.15, -0.1) is 0 Å². The third-order valence-electron chi connectivity index (χ3n) is 5.16. The minimum atomic E-state index is -0.117. The molecule has 2 aromatic heterocycles. The maximum atomic E-state index is 13.0. The normalized spacial score (nSPS) is 11.1. The molecule has 0 aliphatic carbocycles. The van der Waals surface area contributed by atoms with Gasteiger partial charge in [0, 0.05) is 19.8 Å². The van der Waals surface area contributed by atoms with Gasteiger partial charge in [-0.05, 0) is 36.5 Å². The van der Waals surface area contributed by atoms with Crippen LogP contribution in [0.1, 0.15) is 48.8 Å². The van der Waals surface area contributed by atoms with Crippen molar-refractivity contribution in [3.05, 3.63) is 65.5 Å². The number of hydrogen-bond acceptors (Lipinski definition) is 3. The second-order valence-corrected chi connectivity index (χ2v) is 7.94. The molecule has 1 aromatic carbocycles. The largest absolute Gasteiger partial charge is 0.352 e. The molecule has 6 nitrogen and oxygen atoms in total. The predicted molar refractivity (Wildman–Crippen MR) is 120 cm³/mol. The molecule has 0 aliphatic heterocycles. The van der Waals surface area contributed by atoms with Crippen molar-refractivity contribution in [3.8, 4) is 0 Å². The minimum Gasteiger partial charge on any atom is -0.352 e. The SMILES string of the molecule is CCc1nc2ccc(C(=O)NCCC(C)C)cn2c1N(C)C(=O)Cc1ccccc1. The summed E-state index contributed by atoms with van der Waals surface area (Å²) < 4.78 is 1.85. The van der Waals surface area contributed by atoms with Crippen molar-refractivity contribution in [2.45, 2.75) is 40.0 Å². The standard InChI is InChI=1S/C24H30N4O2/c1-5-20-24(27(4)22(29)15-18-9-7-6-8-10-18)28-16-19(11-12-21(28)26-20)23(30)25-14-13-17(2)3/h6-12,16-17H,5,13-15H2,1-4H3,(H,25,30). The lowest BCUT2D eigenvalue weighted by Gasteiger charge is -2.18. The summed E-state index contributed by atoms with van der Waals surface area (Å²) in [5.74, 6) is 1.10. The first-order chi connectivity index (χ1) is 14.4. The van der Waals surface area contributed by atoms with Gasteiger partial charge in [0.15, 0.2) is 0 Å². The zero-order valence-electron chi connectivity index (χ0n) is 18.2. The first-order valence-electron chi connectivity index (χ1n) is 10.5. The number of anilines is 1. The number of amides is 2. The first-order valence-corrected chi connectivity index (χ1v) is 10.5. The lowest BCUT2D eigenvalue weighted by Crippen LogP contribution is -2.30. The number of hydrogen-bond donors (Lipinski definition) is 1. The number of carbonyl (C=O) groups excluding carboxylic acids is 2. The van der Waals surface area contributed by atoms with Gasteiger partial charge in [0.25, 0.3) is 5.91 Å². The first kappa shape index (κ1) is 21.6. The minimum absolute atomic E-state index is 0.0236. The van der Waals surface area contributed by atoms with Crippen LogP contribution in [0.5, 0.6) is 0 Å². The molecule has 1 N–H and O–H groups in total. The Morgan fingerprint density at radius 3 is 2.53 bits per heavy atom. The van der Waals surface area contributed by atoms with Gasteiger partial charge in [-0.2, -0.15) is 0 Å². The van der Waals surface area contributed by atoms with E-state index in [0.29, 0.717) is 36.7 Å². The van der Waals surface area contributed by atoms with Gasteiger partial charge in [0.05, 0.1) is 17.7 Å². The number of nitrogens with one attached hydrogen (secondary N) is 1. The van der Waals surface area contributed by atoms with E-state index in [1.807, 2.05) is 47.7 Å². The molecule has 6 heteroatoms. The predicted octanol–water partition coefficient (Wildman–Crippen LogP) is 3.88. The number of nitrogens with zero attached hydrogens (tertiary/aromatic N) is 3. The van der Waals surface area contributed by atoms with Crippen LogP contribution in [0.25, 0.3) is 5.65 Å². The van der Waals surface area contributed by atoms with Gasteiger partial charge in [0.1, 0.15) is 11.5 Å². The van der Waals surface area contributed by atoms with E-state index in [1.165, 1.54) is 0 Å². The number of rotatable bonds is 8. The molecular weight excluding hydrogens is 376 g/mol. The highest BCUT2D eigenvalue weighted by Crippen LogP contribution is 2.24. The van der Waals surface area contributed by atoms with E-state index < -0.39 is 0 Å². The van der Waals surface area contributed by atoms with Gasteiger partial charge in [-0.25, -0.2) is 4.98 Å². The third-order valence-corrected chi connectivity index (χ3v) is 5.16. The Bertz CT molecular complexity index is 1020. The highest BCUT2D eigenvalue weighted by Gasteiger charge is 2.21. The van der Waals surface area contributed by atoms with E-state index in [2.05, 4.69) is 24.1 Å².